The van der Waals surface area contributed by atoms with E-state index in [9.17, 15) is 4.79 Å². The Morgan fingerprint density at radius 2 is 1.67 bits per heavy atom. The highest BCUT2D eigenvalue weighted by atomic mass is 16.5. The molecule has 1 aromatic heterocycles. The molecular weight excluding hydrogens is 382 g/mol. The Labute approximate surface area is 177 Å². The van der Waals surface area contributed by atoms with Gasteiger partial charge in [0.15, 0.2) is 11.5 Å². The number of amides is 1. The SMILES string of the molecule is COc1cc(NC(=O)CCn2c(C(C)(C)C)nc3ccccc32)cc(OC)c1OC. The number of carbonyl (C=O) groups excluding carboxylic acids is 1. The summed E-state index contributed by atoms with van der Waals surface area (Å²) < 4.78 is 18.2. The summed E-state index contributed by atoms with van der Waals surface area (Å²) in [4.78, 5) is 17.5. The van der Waals surface area contributed by atoms with Crippen LogP contribution in [0.4, 0.5) is 5.69 Å². The van der Waals surface area contributed by atoms with Gasteiger partial charge in [-0.2, -0.15) is 0 Å². The van der Waals surface area contributed by atoms with Gasteiger partial charge in [-0.25, -0.2) is 4.98 Å². The topological polar surface area (TPSA) is 74.6 Å². The molecule has 3 rings (SSSR count). The summed E-state index contributed by atoms with van der Waals surface area (Å²) in [5, 5.41) is 2.92. The van der Waals surface area contributed by atoms with Gasteiger partial charge in [0.1, 0.15) is 5.82 Å². The minimum Gasteiger partial charge on any atom is -0.493 e. The normalized spacial score (nSPS) is 11.4. The summed E-state index contributed by atoms with van der Waals surface area (Å²) >= 11 is 0. The van der Waals surface area contributed by atoms with Crippen LogP contribution in [0.5, 0.6) is 17.2 Å². The Hall–Kier alpha value is -3.22. The second-order valence-electron chi connectivity index (χ2n) is 8.04. The van der Waals surface area contributed by atoms with Gasteiger partial charge in [0.25, 0.3) is 0 Å². The number of nitrogens with one attached hydrogen (secondary N) is 1. The molecule has 1 heterocycles. The Morgan fingerprint density at radius 1 is 1.03 bits per heavy atom. The van der Waals surface area contributed by atoms with E-state index in [2.05, 4.69) is 30.7 Å². The van der Waals surface area contributed by atoms with E-state index >= 15 is 0 Å². The number of methoxy groups -OCH3 is 3. The molecule has 3 aromatic rings. The molecule has 0 fully saturated rings. The van der Waals surface area contributed by atoms with Crippen LogP contribution in [0.3, 0.4) is 0 Å². The quantitative estimate of drug-likeness (QED) is 0.624. The van der Waals surface area contributed by atoms with Crippen molar-refractivity contribution in [1.29, 1.82) is 0 Å². The van der Waals surface area contributed by atoms with Gasteiger partial charge >= 0.3 is 0 Å². The van der Waals surface area contributed by atoms with Crippen LogP contribution in [0.2, 0.25) is 0 Å². The van der Waals surface area contributed by atoms with Gasteiger partial charge in [0.05, 0.1) is 32.4 Å². The molecule has 1 amide bonds. The minimum absolute atomic E-state index is 0.109. The van der Waals surface area contributed by atoms with Crippen LogP contribution < -0.4 is 19.5 Å². The zero-order chi connectivity index (χ0) is 21.9. The fraction of sp³-hybridized carbons (Fsp3) is 0.391. The Balaban J connectivity index is 1.80. The maximum Gasteiger partial charge on any atom is 0.226 e. The molecule has 1 N–H and O–H groups in total. The molecule has 0 bridgehead atoms. The van der Waals surface area contributed by atoms with Crippen molar-refractivity contribution in [2.75, 3.05) is 26.6 Å². The summed E-state index contributed by atoms with van der Waals surface area (Å²) in [6, 6.07) is 11.4. The van der Waals surface area contributed by atoms with Crippen molar-refractivity contribution in [2.45, 2.75) is 39.2 Å². The van der Waals surface area contributed by atoms with Gasteiger partial charge < -0.3 is 24.1 Å². The molecule has 0 saturated heterocycles. The number of imidazole rings is 1. The van der Waals surface area contributed by atoms with E-state index in [1.807, 2.05) is 24.3 Å². The first kappa shape index (κ1) is 21.5. The predicted octanol–water partition coefficient (Wildman–Crippen LogP) is 4.39. The number of carbonyl (C=O) groups is 1. The molecule has 0 spiro atoms. The third-order valence-corrected chi connectivity index (χ3v) is 4.84. The van der Waals surface area contributed by atoms with Crippen molar-refractivity contribution in [1.82, 2.24) is 9.55 Å². The molecule has 7 heteroatoms. The van der Waals surface area contributed by atoms with Crippen molar-refractivity contribution in [3.05, 3.63) is 42.2 Å². The average Bonchev–Trinajstić information content (AvgIpc) is 3.10. The van der Waals surface area contributed by atoms with Gasteiger partial charge in [-0.3, -0.25) is 4.79 Å². The third kappa shape index (κ3) is 4.35. The molecular formula is C23H29N3O4. The lowest BCUT2D eigenvalue weighted by atomic mass is 9.95. The van der Waals surface area contributed by atoms with Crippen molar-refractivity contribution in [3.63, 3.8) is 0 Å². The molecule has 0 aliphatic rings. The maximum absolute atomic E-state index is 12.7. The van der Waals surface area contributed by atoms with E-state index in [0.29, 0.717) is 35.9 Å². The van der Waals surface area contributed by atoms with Crippen LogP contribution in [0.25, 0.3) is 11.0 Å². The lowest BCUT2D eigenvalue weighted by molar-refractivity contribution is -0.116. The summed E-state index contributed by atoms with van der Waals surface area (Å²) in [5.74, 6) is 2.31. The summed E-state index contributed by atoms with van der Waals surface area (Å²) in [5.41, 5.74) is 2.42. The molecule has 0 atom stereocenters. The van der Waals surface area contributed by atoms with Gasteiger partial charge in [-0.1, -0.05) is 32.9 Å². The number of ether oxygens (including phenoxy) is 3. The molecule has 7 nitrogen and oxygen atoms in total. The van der Waals surface area contributed by atoms with Crippen molar-refractivity contribution < 1.29 is 19.0 Å². The second-order valence-corrected chi connectivity index (χ2v) is 8.04. The highest BCUT2D eigenvalue weighted by Crippen LogP contribution is 2.40. The highest BCUT2D eigenvalue weighted by molar-refractivity contribution is 5.91. The van der Waals surface area contributed by atoms with Crippen LogP contribution in [0, 0.1) is 0 Å². The van der Waals surface area contributed by atoms with Crippen LogP contribution >= 0.6 is 0 Å². The lowest BCUT2D eigenvalue weighted by Crippen LogP contribution is -2.21. The van der Waals surface area contributed by atoms with Gasteiger partial charge in [0, 0.05) is 36.2 Å². The standard InChI is InChI=1S/C23H29N3O4/c1-23(2,3)22-25-16-9-7-8-10-17(16)26(22)12-11-20(27)24-15-13-18(28-4)21(30-6)19(14-15)29-5/h7-10,13-14H,11-12H2,1-6H3,(H,24,27). The van der Waals surface area contributed by atoms with Gasteiger partial charge in [-0.15, -0.1) is 0 Å². The number of hydrogen-bond donors (Lipinski definition) is 1. The van der Waals surface area contributed by atoms with Crippen LogP contribution in [-0.2, 0) is 16.8 Å². The average molecular weight is 412 g/mol. The fourth-order valence-electron chi connectivity index (χ4n) is 3.46. The van der Waals surface area contributed by atoms with Crippen LogP contribution in [0.15, 0.2) is 36.4 Å². The first-order valence-corrected chi connectivity index (χ1v) is 9.84. The van der Waals surface area contributed by atoms with Gasteiger partial charge in [-0.05, 0) is 12.1 Å². The van der Waals surface area contributed by atoms with E-state index < -0.39 is 0 Å². The van der Waals surface area contributed by atoms with E-state index in [0.717, 1.165) is 16.9 Å². The maximum atomic E-state index is 12.7. The molecule has 160 valence electrons. The van der Waals surface area contributed by atoms with E-state index in [4.69, 9.17) is 19.2 Å². The van der Waals surface area contributed by atoms with Crippen molar-refractivity contribution >= 4 is 22.6 Å². The first-order chi connectivity index (χ1) is 14.3. The Kier molecular flexibility index (Phi) is 6.20. The molecule has 0 aliphatic heterocycles. The number of benzene rings is 2. The smallest absolute Gasteiger partial charge is 0.226 e. The molecule has 30 heavy (non-hydrogen) atoms. The molecule has 0 saturated carbocycles. The Bertz CT molecular complexity index is 1030. The van der Waals surface area contributed by atoms with E-state index in [1.165, 1.54) is 0 Å². The minimum atomic E-state index is -0.133. The van der Waals surface area contributed by atoms with E-state index in [1.54, 1.807) is 33.5 Å². The van der Waals surface area contributed by atoms with Crippen molar-refractivity contribution in [3.8, 4) is 17.2 Å². The highest BCUT2D eigenvalue weighted by Gasteiger charge is 2.23. The molecule has 0 unspecified atom stereocenters. The zero-order valence-electron chi connectivity index (χ0n) is 18.4. The summed E-state index contributed by atoms with van der Waals surface area (Å²) in [6.45, 7) is 6.91. The number of rotatable bonds is 7. The molecule has 0 aliphatic carbocycles. The molecule has 0 radical (unpaired) electrons. The monoisotopic (exact) mass is 411 g/mol. The number of aromatic nitrogens is 2. The number of nitrogens with zero attached hydrogens (tertiary/aromatic N) is 2. The second kappa shape index (κ2) is 8.65. The number of hydrogen-bond acceptors (Lipinski definition) is 5. The lowest BCUT2D eigenvalue weighted by Gasteiger charge is -2.20. The number of aryl methyl sites for hydroxylation is 1. The first-order valence-electron chi connectivity index (χ1n) is 9.84. The predicted molar refractivity (Wildman–Crippen MR) is 118 cm³/mol. The number of anilines is 1. The van der Waals surface area contributed by atoms with Crippen LogP contribution in [0.1, 0.15) is 33.0 Å². The fourth-order valence-corrected chi connectivity index (χ4v) is 3.46. The number of para-hydroxylation sites is 2. The number of fused-ring (bicyclic) bond motifs is 1. The largest absolute Gasteiger partial charge is 0.493 e. The van der Waals surface area contributed by atoms with Gasteiger partial charge in [0.2, 0.25) is 11.7 Å². The van der Waals surface area contributed by atoms with Crippen molar-refractivity contribution in [2.24, 2.45) is 0 Å². The summed E-state index contributed by atoms with van der Waals surface area (Å²) in [7, 11) is 4.63. The molecule has 2 aromatic carbocycles. The third-order valence-electron chi connectivity index (χ3n) is 4.84. The zero-order valence-corrected chi connectivity index (χ0v) is 18.4. The summed E-state index contributed by atoms with van der Waals surface area (Å²) in [6.07, 6.45) is 0.306. The Morgan fingerprint density at radius 3 is 2.23 bits per heavy atom. The van der Waals surface area contributed by atoms with E-state index in [-0.39, 0.29) is 11.3 Å². The van der Waals surface area contributed by atoms with Crippen LogP contribution in [-0.4, -0.2) is 36.8 Å².